The molecule has 6 nitrogen and oxygen atoms in total. The summed E-state index contributed by atoms with van der Waals surface area (Å²) in [6.07, 6.45) is 0.428. The Morgan fingerprint density at radius 3 is 2.38 bits per heavy atom. The third-order valence-electron chi connectivity index (χ3n) is 6.65. The minimum absolute atomic E-state index is 0.121. The van der Waals surface area contributed by atoms with Crippen molar-refractivity contribution in [1.82, 2.24) is 10.2 Å². The van der Waals surface area contributed by atoms with Crippen LogP contribution in [0.3, 0.4) is 0 Å². The summed E-state index contributed by atoms with van der Waals surface area (Å²) in [6.45, 7) is 1.36. The van der Waals surface area contributed by atoms with Gasteiger partial charge in [-0.25, -0.2) is 4.79 Å². The van der Waals surface area contributed by atoms with Gasteiger partial charge in [-0.1, -0.05) is 72.3 Å². The van der Waals surface area contributed by atoms with Crippen LogP contribution in [0.1, 0.15) is 35.6 Å². The summed E-state index contributed by atoms with van der Waals surface area (Å²) in [7, 11) is 0. The van der Waals surface area contributed by atoms with Gasteiger partial charge in [0.15, 0.2) is 0 Å². The van der Waals surface area contributed by atoms with Gasteiger partial charge in [-0.05, 0) is 55.3 Å². The first-order valence-corrected chi connectivity index (χ1v) is 11.8. The van der Waals surface area contributed by atoms with E-state index >= 15 is 0 Å². The lowest BCUT2D eigenvalue weighted by Gasteiger charge is -2.46. The lowest BCUT2D eigenvalue weighted by Crippen LogP contribution is -2.63. The van der Waals surface area contributed by atoms with E-state index in [1.54, 1.807) is 17.0 Å². The number of nitrogens with zero attached hydrogens (tertiary/aromatic N) is 1. The highest BCUT2D eigenvalue weighted by Gasteiger charge is 2.53. The number of carbonyl (C=O) groups is 2. The van der Waals surface area contributed by atoms with Crippen LogP contribution in [-0.4, -0.2) is 35.5 Å². The number of piperidine rings is 1. The molecule has 1 unspecified atom stereocenters. The van der Waals surface area contributed by atoms with E-state index in [4.69, 9.17) is 16.3 Å². The predicted octanol–water partition coefficient (Wildman–Crippen LogP) is 5.14. The lowest BCUT2D eigenvalue weighted by molar-refractivity contribution is -0.130. The van der Waals surface area contributed by atoms with Crippen molar-refractivity contribution < 1.29 is 14.3 Å². The highest BCUT2D eigenvalue weighted by molar-refractivity contribution is 6.30. The molecule has 1 fully saturated rings. The number of nitrogens with one attached hydrogen (secondary N) is 2. The zero-order valence-corrected chi connectivity index (χ0v) is 19.4. The molecule has 7 heteroatoms. The molecule has 0 saturated carbocycles. The van der Waals surface area contributed by atoms with Crippen molar-refractivity contribution in [3.63, 3.8) is 0 Å². The van der Waals surface area contributed by atoms with Gasteiger partial charge in [-0.15, -0.1) is 0 Å². The van der Waals surface area contributed by atoms with Crippen molar-refractivity contribution >= 4 is 29.3 Å². The topological polar surface area (TPSA) is 70.7 Å². The van der Waals surface area contributed by atoms with Gasteiger partial charge in [-0.2, -0.15) is 0 Å². The van der Waals surface area contributed by atoms with E-state index in [-0.39, 0.29) is 12.5 Å². The Morgan fingerprint density at radius 2 is 1.68 bits per heavy atom. The molecular weight excluding hydrogens is 450 g/mol. The van der Waals surface area contributed by atoms with Crippen LogP contribution in [-0.2, 0) is 16.1 Å². The summed E-state index contributed by atoms with van der Waals surface area (Å²) in [6, 6.07) is 24.1. The number of halogens is 1. The van der Waals surface area contributed by atoms with E-state index in [0.717, 1.165) is 16.7 Å². The predicted molar refractivity (Wildman–Crippen MR) is 132 cm³/mol. The molecule has 2 amide bonds. The molecule has 1 saturated heterocycles. The Morgan fingerprint density at radius 1 is 1.00 bits per heavy atom. The van der Waals surface area contributed by atoms with Crippen molar-refractivity contribution in [3.05, 3.63) is 101 Å². The van der Waals surface area contributed by atoms with E-state index in [0.29, 0.717) is 36.6 Å². The van der Waals surface area contributed by atoms with Crippen LogP contribution >= 0.6 is 11.6 Å². The molecule has 1 atom stereocenters. The standard InChI is InChI=1S/C27H26ClN3O3/c28-21-11-12-23-22(17-21)24(20-9-5-2-6-10-20)31(26(33)34-18-19-7-3-1-4-8-19)27(25(32)30-23)13-15-29-16-14-27/h1-12,17,24,29H,13-16,18H2,(H,30,32). The molecule has 2 N–H and O–H groups in total. The maximum atomic E-state index is 13.9. The molecule has 0 bridgehead atoms. The zero-order valence-electron chi connectivity index (χ0n) is 18.7. The van der Waals surface area contributed by atoms with E-state index in [2.05, 4.69) is 10.6 Å². The summed E-state index contributed by atoms with van der Waals surface area (Å²) >= 11 is 6.41. The van der Waals surface area contributed by atoms with Gasteiger partial charge in [-0.3, -0.25) is 9.69 Å². The molecule has 0 radical (unpaired) electrons. The fourth-order valence-corrected chi connectivity index (χ4v) is 5.13. The Bertz CT molecular complexity index is 1180. The second-order valence-corrected chi connectivity index (χ2v) is 9.13. The summed E-state index contributed by atoms with van der Waals surface area (Å²) in [5, 5.41) is 6.95. The Kier molecular flexibility index (Phi) is 6.26. The molecule has 1 spiro atoms. The average molecular weight is 476 g/mol. The van der Waals surface area contributed by atoms with Crippen LogP contribution in [0.4, 0.5) is 10.5 Å². The second kappa shape index (κ2) is 9.49. The third-order valence-corrected chi connectivity index (χ3v) is 6.88. The SMILES string of the molecule is O=C(OCc1ccccc1)N1C(c2ccccc2)c2cc(Cl)ccc2NC(=O)C12CCNCC2. The maximum Gasteiger partial charge on any atom is 0.411 e. The number of hydrogen-bond donors (Lipinski definition) is 2. The lowest BCUT2D eigenvalue weighted by atomic mass is 9.83. The molecule has 0 aromatic heterocycles. The molecule has 2 aliphatic heterocycles. The first-order chi connectivity index (χ1) is 16.6. The highest BCUT2D eigenvalue weighted by Crippen LogP contribution is 2.45. The number of amides is 2. The molecule has 2 aliphatic rings. The summed E-state index contributed by atoms with van der Waals surface area (Å²) in [5.74, 6) is -0.201. The zero-order chi connectivity index (χ0) is 23.5. The summed E-state index contributed by atoms with van der Waals surface area (Å²) < 4.78 is 5.85. The first-order valence-electron chi connectivity index (χ1n) is 11.4. The Hall–Kier alpha value is -3.35. The molecule has 5 rings (SSSR count). The third kappa shape index (κ3) is 4.15. The molecule has 174 valence electrons. The number of fused-ring (bicyclic) bond motifs is 1. The number of carbonyl (C=O) groups excluding carboxylic acids is 2. The van der Waals surface area contributed by atoms with Crippen molar-refractivity contribution in [2.45, 2.75) is 31.0 Å². The molecular formula is C27H26ClN3O3. The van der Waals surface area contributed by atoms with Gasteiger partial charge in [0.25, 0.3) is 5.91 Å². The van der Waals surface area contributed by atoms with E-state index < -0.39 is 17.7 Å². The maximum absolute atomic E-state index is 13.9. The fourth-order valence-electron chi connectivity index (χ4n) is 4.95. The number of hydrogen-bond acceptors (Lipinski definition) is 4. The number of anilines is 1. The molecule has 3 aromatic carbocycles. The number of rotatable bonds is 3. The summed E-state index contributed by atoms with van der Waals surface area (Å²) in [5.41, 5.74) is 2.12. The molecule has 0 aliphatic carbocycles. The number of ether oxygens (including phenoxy) is 1. The average Bonchev–Trinajstić information content (AvgIpc) is 2.97. The fraction of sp³-hybridized carbons (Fsp3) is 0.259. The molecule has 34 heavy (non-hydrogen) atoms. The van der Waals surface area contributed by atoms with E-state index in [1.165, 1.54) is 0 Å². The van der Waals surface area contributed by atoms with Crippen LogP contribution in [0.5, 0.6) is 0 Å². The van der Waals surface area contributed by atoms with Gasteiger partial charge < -0.3 is 15.4 Å². The van der Waals surface area contributed by atoms with Crippen LogP contribution in [0.15, 0.2) is 78.9 Å². The molecule has 3 aromatic rings. The van der Waals surface area contributed by atoms with Crippen molar-refractivity contribution in [2.24, 2.45) is 0 Å². The quantitative estimate of drug-likeness (QED) is 0.550. The number of benzene rings is 3. The van der Waals surface area contributed by atoms with Crippen molar-refractivity contribution in [3.8, 4) is 0 Å². The Balaban J connectivity index is 1.65. The monoisotopic (exact) mass is 475 g/mol. The smallest absolute Gasteiger partial charge is 0.411 e. The largest absolute Gasteiger partial charge is 0.444 e. The van der Waals surface area contributed by atoms with Crippen molar-refractivity contribution in [1.29, 1.82) is 0 Å². The second-order valence-electron chi connectivity index (χ2n) is 8.69. The normalized spacial score (nSPS) is 19.1. The Labute approximate surface area is 203 Å². The minimum Gasteiger partial charge on any atom is -0.444 e. The van der Waals surface area contributed by atoms with Gasteiger partial charge in [0.05, 0.1) is 6.04 Å². The first kappa shape index (κ1) is 22.4. The van der Waals surface area contributed by atoms with Gasteiger partial charge >= 0.3 is 6.09 Å². The van der Waals surface area contributed by atoms with Crippen molar-refractivity contribution in [2.75, 3.05) is 18.4 Å². The highest BCUT2D eigenvalue weighted by atomic mass is 35.5. The minimum atomic E-state index is -1.06. The van der Waals surface area contributed by atoms with Gasteiger partial charge in [0.1, 0.15) is 12.1 Å². The van der Waals surface area contributed by atoms with Gasteiger partial charge in [0.2, 0.25) is 0 Å². The van der Waals surface area contributed by atoms with Crippen LogP contribution in [0, 0.1) is 0 Å². The van der Waals surface area contributed by atoms with Crippen LogP contribution < -0.4 is 10.6 Å². The van der Waals surface area contributed by atoms with Crippen LogP contribution in [0.2, 0.25) is 5.02 Å². The molecule has 2 heterocycles. The summed E-state index contributed by atoms with van der Waals surface area (Å²) in [4.78, 5) is 29.3. The van der Waals surface area contributed by atoms with E-state index in [1.807, 2.05) is 66.7 Å². The van der Waals surface area contributed by atoms with Crippen LogP contribution in [0.25, 0.3) is 0 Å². The van der Waals surface area contributed by atoms with E-state index in [9.17, 15) is 9.59 Å². The van der Waals surface area contributed by atoms with Gasteiger partial charge in [0, 0.05) is 16.3 Å².